The molecule has 1 aliphatic heterocycles. The first kappa shape index (κ1) is 31.1. The Labute approximate surface area is 240 Å². The summed E-state index contributed by atoms with van der Waals surface area (Å²) >= 11 is 0. The number of allylic oxidation sites excluding steroid dienone is 2. The highest BCUT2D eigenvalue weighted by atomic mass is 16.5. The Morgan fingerprint density at radius 1 is 0.725 bits per heavy atom. The summed E-state index contributed by atoms with van der Waals surface area (Å²) in [5.41, 5.74) is 4.75. The minimum Gasteiger partial charge on any atom is -0.461 e. The van der Waals surface area contributed by atoms with Crippen LogP contribution in [0.4, 0.5) is 0 Å². The van der Waals surface area contributed by atoms with Crippen LogP contribution in [0.3, 0.4) is 0 Å². The average molecular weight is 544 g/mol. The van der Waals surface area contributed by atoms with Gasteiger partial charge in [-0.25, -0.2) is 0 Å². The van der Waals surface area contributed by atoms with Gasteiger partial charge < -0.3 is 4.74 Å². The lowest BCUT2D eigenvalue weighted by Gasteiger charge is -2.13. The van der Waals surface area contributed by atoms with Crippen LogP contribution in [0, 0.1) is 0 Å². The molecule has 1 N–H and O–H groups in total. The zero-order valence-electron chi connectivity index (χ0n) is 24.0. The number of unbranched alkanes of at least 4 members (excludes halogenated alkanes) is 10. The molecule has 0 aliphatic carbocycles. The number of benzene rings is 2. The third-order valence-corrected chi connectivity index (χ3v) is 7.57. The Kier molecular flexibility index (Phi) is 13.4. The van der Waals surface area contributed by atoms with Crippen LogP contribution in [-0.4, -0.2) is 17.8 Å². The van der Waals surface area contributed by atoms with Crippen molar-refractivity contribution in [2.45, 2.75) is 103 Å². The van der Waals surface area contributed by atoms with Gasteiger partial charge in [0.1, 0.15) is 6.61 Å². The van der Waals surface area contributed by atoms with Crippen LogP contribution in [0.25, 0.3) is 0 Å². The monoisotopic (exact) mass is 543 g/mol. The van der Waals surface area contributed by atoms with Crippen molar-refractivity contribution in [3.63, 3.8) is 0 Å². The maximum atomic E-state index is 12.8. The number of esters is 1. The second-order valence-corrected chi connectivity index (χ2v) is 10.8. The number of aryl methyl sites for hydroxylation is 2. The minimum absolute atomic E-state index is 0.0468. The first-order chi connectivity index (χ1) is 19.5. The standard InChI is InChI=1S/C35H45NO4/c1-3-5-7-9-11-13-15-18-27-22-23-30(28(24-27)19-16-14-12-10-8-6-4-2)26-40-32(37)25-29-20-17-21-31-33(29)35(39)36-34(31)38/h3-4,17,20-24H,1-2,5-16,18-19,25-26H2,(H,36,38,39). The summed E-state index contributed by atoms with van der Waals surface area (Å²) in [6, 6.07) is 11.6. The van der Waals surface area contributed by atoms with Gasteiger partial charge in [0.05, 0.1) is 17.5 Å². The highest BCUT2D eigenvalue weighted by Crippen LogP contribution is 2.22. The fraction of sp³-hybridized carbons (Fsp3) is 0.457. The summed E-state index contributed by atoms with van der Waals surface area (Å²) < 4.78 is 5.68. The third kappa shape index (κ3) is 9.93. The molecule has 2 aromatic carbocycles. The second kappa shape index (κ2) is 17.3. The zero-order valence-corrected chi connectivity index (χ0v) is 24.0. The summed E-state index contributed by atoms with van der Waals surface area (Å²) in [5, 5.41) is 2.30. The molecule has 1 aliphatic rings. The molecule has 0 saturated heterocycles. The predicted octanol–water partition coefficient (Wildman–Crippen LogP) is 7.99. The van der Waals surface area contributed by atoms with Crippen molar-refractivity contribution in [2.24, 2.45) is 0 Å². The van der Waals surface area contributed by atoms with Crippen molar-refractivity contribution in [1.82, 2.24) is 5.32 Å². The van der Waals surface area contributed by atoms with Gasteiger partial charge >= 0.3 is 5.97 Å². The molecule has 1 heterocycles. The molecule has 0 saturated carbocycles. The van der Waals surface area contributed by atoms with Crippen LogP contribution in [0.5, 0.6) is 0 Å². The van der Waals surface area contributed by atoms with Crippen molar-refractivity contribution in [3.05, 3.63) is 95.1 Å². The smallest absolute Gasteiger partial charge is 0.310 e. The molecular weight excluding hydrogens is 498 g/mol. The van der Waals surface area contributed by atoms with Crippen LogP contribution >= 0.6 is 0 Å². The first-order valence-corrected chi connectivity index (χ1v) is 15.0. The van der Waals surface area contributed by atoms with Crippen LogP contribution in [-0.2, 0) is 35.4 Å². The number of rotatable bonds is 20. The van der Waals surface area contributed by atoms with Gasteiger partial charge in [-0.2, -0.15) is 0 Å². The van der Waals surface area contributed by atoms with E-state index in [2.05, 4.69) is 36.7 Å². The van der Waals surface area contributed by atoms with Crippen LogP contribution < -0.4 is 5.32 Å². The maximum absolute atomic E-state index is 12.8. The van der Waals surface area contributed by atoms with E-state index in [-0.39, 0.29) is 18.6 Å². The molecule has 5 nitrogen and oxygen atoms in total. The molecular formula is C35H45NO4. The number of nitrogens with one attached hydrogen (secondary N) is 1. The van der Waals surface area contributed by atoms with Gasteiger partial charge in [-0.3, -0.25) is 19.7 Å². The lowest BCUT2D eigenvalue weighted by atomic mass is 9.96. The molecule has 0 bridgehead atoms. The largest absolute Gasteiger partial charge is 0.461 e. The Hall–Kier alpha value is -3.47. The summed E-state index contributed by atoms with van der Waals surface area (Å²) in [6.45, 7) is 7.80. The predicted molar refractivity (Wildman–Crippen MR) is 161 cm³/mol. The van der Waals surface area contributed by atoms with Gasteiger partial charge in [0.2, 0.25) is 0 Å². The molecule has 0 spiro atoms. The van der Waals surface area contributed by atoms with E-state index in [0.29, 0.717) is 11.1 Å². The number of fused-ring (bicyclic) bond motifs is 1. The van der Waals surface area contributed by atoms with Gasteiger partial charge in [0.25, 0.3) is 11.8 Å². The normalized spacial score (nSPS) is 12.2. The Balaban J connectivity index is 1.56. The minimum atomic E-state index is -0.456. The van der Waals surface area contributed by atoms with Crippen molar-refractivity contribution < 1.29 is 19.1 Å². The quantitative estimate of drug-likeness (QED) is 0.0795. The van der Waals surface area contributed by atoms with E-state index in [1.165, 1.54) is 68.9 Å². The van der Waals surface area contributed by atoms with Gasteiger partial charge in [-0.15, -0.1) is 13.2 Å². The van der Waals surface area contributed by atoms with Gasteiger partial charge in [-0.1, -0.05) is 81.0 Å². The fourth-order valence-electron chi connectivity index (χ4n) is 5.29. The molecule has 5 heteroatoms. The summed E-state index contributed by atoms with van der Waals surface area (Å²) in [4.78, 5) is 36.9. The van der Waals surface area contributed by atoms with E-state index in [1.54, 1.807) is 18.2 Å². The number of imide groups is 1. The van der Waals surface area contributed by atoms with Gasteiger partial charge in [0.15, 0.2) is 0 Å². The molecule has 214 valence electrons. The molecule has 0 radical (unpaired) electrons. The van der Waals surface area contributed by atoms with Gasteiger partial charge in [-0.05, 0) is 79.7 Å². The lowest BCUT2D eigenvalue weighted by Crippen LogP contribution is -2.20. The van der Waals surface area contributed by atoms with E-state index in [1.807, 2.05) is 12.2 Å². The Morgan fingerprint density at radius 2 is 1.38 bits per heavy atom. The number of hydrogen-bond acceptors (Lipinski definition) is 4. The highest BCUT2D eigenvalue weighted by molar-refractivity contribution is 6.22. The molecule has 40 heavy (non-hydrogen) atoms. The van der Waals surface area contributed by atoms with Crippen molar-refractivity contribution in [2.75, 3.05) is 0 Å². The molecule has 0 fully saturated rings. The molecule has 0 unspecified atom stereocenters. The molecule has 3 rings (SSSR count). The van der Waals surface area contributed by atoms with E-state index >= 15 is 0 Å². The number of ether oxygens (including phenoxy) is 1. The average Bonchev–Trinajstić information content (AvgIpc) is 3.25. The van der Waals surface area contributed by atoms with E-state index in [0.717, 1.165) is 37.7 Å². The SMILES string of the molecule is C=CCCCCCCCc1ccc(COC(=O)Cc2cccc3c2C(=O)NC3=O)c(CCCCCCCC=C)c1. The van der Waals surface area contributed by atoms with Crippen molar-refractivity contribution in [1.29, 1.82) is 0 Å². The number of amides is 2. The Bertz CT molecular complexity index is 1170. The molecule has 0 aromatic heterocycles. The number of hydrogen-bond donors (Lipinski definition) is 1. The Morgan fingerprint density at radius 3 is 2.08 bits per heavy atom. The first-order valence-electron chi connectivity index (χ1n) is 15.0. The van der Waals surface area contributed by atoms with Gasteiger partial charge in [0, 0.05) is 0 Å². The number of carbonyl (C=O) groups excluding carboxylic acids is 3. The van der Waals surface area contributed by atoms with E-state index in [9.17, 15) is 14.4 Å². The van der Waals surface area contributed by atoms with Crippen molar-refractivity contribution >= 4 is 17.8 Å². The number of carbonyl (C=O) groups is 3. The summed E-state index contributed by atoms with van der Waals surface area (Å²) in [6.07, 6.45) is 20.3. The lowest BCUT2D eigenvalue weighted by molar-refractivity contribution is -0.144. The topological polar surface area (TPSA) is 72.5 Å². The van der Waals surface area contributed by atoms with Crippen LogP contribution in [0.15, 0.2) is 61.7 Å². The van der Waals surface area contributed by atoms with Crippen LogP contribution in [0.2, 0.25) is 0 Å². The molecule has 0 atom stereocenters. The fourth-order valence-corrected chi connectivity index (χ4v) is 5.29. The summed E-state index contributed by atoms with van der Waals surface area (Å²) in [5.74, 6) is -1.29. The van der Waals surface area contributed by atoms with E-state index < -0.39 is 17.8 Å². The van der Waals surface area contributed by atoms with Crippen LogP contribution in [0.1, 0.15) is 120 Å². The maximum Gasteiger partial charge on any atom is 0.310 e. The third-order valence-electron chi connectivity index (χ3n) is 7.57. The van der Waals surface area contributed by atoms with Crippen molar-refractivity contribution in [3.8, 4) is 0 Å². The summed E-state index contributed by atoms with van der Waals surface area (Å²) in [7, 11) is 0. The second-order valence-electron chi connectivity index (χ2n) is 10.8. The van der Waals surface area contributed by atoms with E-state index in [4.69, 9.17) is 4.74 Å². The molecule has 2 aromatic rings. The molecule has 2 amide bonds. The zero-order chi connectivity index (χ0) is 28.6. The highest BCUT2D eigenvalue weighted by Gasteiger charge is 2.29.